The largest absolute Gasteiger partial charge is 0.300 e. The number of fused-ring (bicyclic) bond motifs is 1. The van der Waals surface area contributed by atoms with Crippen LogP contribution in [0.3, 0.4) is 0 Å². The van der Waals surface area contributed by atoms with Crippen molar-refractivity contribution in [2.45, 2.75) is 6.04 Å². The molecule has 1 fully saturated rings. The number of carbonyl (C=O) groups is 1. The first-order valence-electron chi connectivity index (χ1n) is 8.88. The molecule has 1 aliphatic rings. The van der Waals surface area contributed by atoms with Gasteiger partial charge in [0.25, 0.3) is 0 Å². The minimum absolute atomic E-state index is 0.0106. The Morgan fingerprint density at radius 1 is 1.10 bits per heavy atom. The molecule has 3 aromatic rings. The third-order valence-electron chi connectivity index (χ3n) is 4.77. The van der Waals surface area contributed by atoms with Gasteiger partial charge in [-0.25, -0.2) is 22.2 Å². The molecule has 2 heterocycles. The standard InChI is InChI=1S/C19H17F2N3O3S2/c20-13-10-15-16(11-14(13)21)28-19(22-15)23-18(25)17(12-4-2-1-3-5-12)24-6-8-29(26,27)9-7-24/h1-5,10-11,17H,6-9H2,(H,22,23,25). The topological polar surface area (TPSA) is 79.4 Å². The maximum absolute atomic E-state index is 13.4. The van der Waals surface area contributed by atoms with Gasteiger partial charge in [-0.05, 0) is 11.6 Å². The summed E-state index contributed by atoms with van der Waals surface area (Å²) in [5, 5.41) is 2.94. The number of hydrogen-bond donors (Lipinski definition) is 1. The molecule has 0 radical (unpaired) electrons. The third-order valence-corrected chi connectivity index (χ3v) is 7.31. The van der Waals surface area contributed by atoms with Crippen molar-refractivity contribution in [3.05, 3.63) is 59.7 Å². The minimum atomic E-state index is -3.10. The molecular weight excluding hydrogens is 420 g/mol. The van der Waals surface area contributed by atoms with Crippen LogP contribution in [-0.4, -0.2) is 48.8 Å². The highest BCUT2D eigenvalue weighted by atomic mass is 32.2. The Balaban J connectivity index is 1.61. The van der Waals surface area contributed by atoms with Crippen molar-refractivity contribution in [3.8, 4) is 0 Å². The Labute approximate surface area is 170 Å². The SMILES string of the molecule is O=C(Nc1nc2cc(F)c(F)cc2s1)C(c1ccccc1)N1CCS(=O)(=O)CC1. The number of aromatic nitrogens is 1. The average molecular weight is 437 g/mol. The number of halogens is 2. The van der Waals surface area contributed by atoms with Crippen LogP contribution >= 0.6 is 11.3 Å². The van der Waals surface area contributed by atoms with Crippen molar-refractivity contribution in [2.75, 3.05) is 29.9 Å². The molecular formula is C19H17F2N3O3S2. The number of rotatable bonds is 4. The molecule has 10 heteroatoms. The summed E-state index contributed by atoms with van der Waals surface area (Å²) in [7, 11) is -3.10. The zero-order valence-corrected chi connectivity index (χ0v) is 16.8. The van der Waals surface area contributed by atoms with Crippen LogP contribution in [0.2, 0.25) is 0 Å². The molecule has 4 rings (SSSR count). The summed E-state index contributed by atoms with van der Waals surface area (Å²) >= 11 is 1.04. The average Bonchev–Trinajstić information content (AvgIpc) is 3.05. The fourth-order valence-corrected chi connectivity index (χ4v) is 5.40. The van der Waals surface area contributed by atoms with Crippen molar-refractivity contribution in [2.24, 2.45) is 0 Å². The van der Waals surface area contributed by atoms with Crippen molar-refractivity contribution >= 4 is 42.4 Å². The molecule has 0 saturated carbocycles. The zero-order valence-electron chi connectivity index (χ0n) is 15.1. The maximum atomic E-state index is 13.4. The van der Waals surface area contributed by atoms with Crippen LogP contribution in [0.25, 0.3) is 10.2 Å². The Morgan fingerprint density at radius 3 is 2.45 bits per heavy atom. The summed E-state index contributed by atoms with van der Waals surface area (Å²) in [5.74, 6) is -2.38. The first-order chi connectivity index (χ1) is 13.8. The lowest BCUT2D eigenvalue weighted by Crippen LogP contribution is -2.46. The Bertz CT molecular complexity index is 1110. The molecule has 1 aliphatic heterocycles. The van der Waals surface area contributed by atoms with Gasteiger partial charge in [0, 0.05) is 19.2 Å². The van der Waals surface area contributed by atoms with E-state index in [2.05, 4.69) is 10.3 Å². The van der Waals surface area contributed by atoms with E-state index in [1.807, 2.05) is 11.0 Å². The second kappa shape index (κ2) is 7.77. The second-order valence-electron chi connectivity index (χ2n) is 6.74. The van der Waals surface area contributed by atoms with Crippen molar-refractivity contribution in [3.63, 3.8) is 0 Å². The van der Waals surface area contributed by atoms with E-state index in [0.717, 1.165) is 29.0 Å². The number of thiazole rings is 1. The zero-order chi connectivity index (χ0) is 20.6. The Hall–Kier alpha value is -2.43. The van der Waals surface area contributed by atoms with Gasteiger partial charge in [-0.3, -0.25) is 9.69 Å². The number of carbonyl (C=O) groups excluding carboxylic acids is 1. The number of anilines is 1. The van der Waals surface area contributed by atoms with Gasteiger partial charge in [0.15, 0.2) is 26.6 Å². The predicted molar refractivity (Wildman–Crippen MR) is 108 cm³/mol. The molecule has 1 saturated heterocycles. The van der Waals surface area contributed by atoms with Gasteiger partial charge < -0.3 is 5.32 Å². The van der Waals surface area contributed by atoms with Gasteiger partial charge in [0.1, 0.15) is 6.04 Å². The lowest BCUT2D eigenvalue weighted by atomic mass is 10.0. The summed E-state index contributed by atoms with van der Waals surface area (Å²) < 4.78 is 50.8. The van der Waals surface area contributed by atoms with Gasteiger partial charge in [0.2, 0.25) is 5.91 Å². The van der Waals surface area contributed by atoms with Crippen LogP contribution in [-0.2, 0) is 14.6 Å². The molecule has 1 atom stereocenters. The van der Waals surface area contributed by atoms with Gasteiger partial charge >= 0.3 is 0 Å². The van der Waals surface area contributed by atoms with E-state index in [0.29, 0.717) is 4.70 Å². The number of benzene rings is 2. The minimum Gasteiger partial charge on any atom is -0.300 e. The van der Waals surface area contributed by atoms with Gasteiger partial charge in [-0.2, -0.15) is 0 Å². The lowest BCUT2D eigenvalue weighted by Gasteiger charge is -2.33. The molecule has 1 N–H and O–H groups in total. The highest BCUT2D eigenvalue weighted by Gasteiger charge is 2.33. The second-order valence-corrected chi connectivity index (χ2v) is 10.1. The van der Waals surface area contributed by atoms with Crippen molar-refractivity contribution < 1.29 is 22.0 Å². The number of nitrogens with one attached hydrogen (secondary N) is 1. The van der Waals surface area contributed by atoms with Gasteiger partial charge in [-0.1, -0.05) is 41.7 Å². The first kappa shape index (κ1) is 19.9. The Kier molecular flexibility index (Phi) is 5.32. The molecule has 1 amide bonds. The number of sulfone groups is 1. The summed E-state index contributed by atoms with van der Waals surface area (Å²) in [5.41, 5.74) is 0.979. The van der Waals surface area contributed by atoms with Crippen LogP contribution < -0.4 is 5.32 Å². The Morgan fingerprint density at radius 2 is 1.76 bits per heavy atom. The number of nitrogens with zero attached hydrogens (tertiary/aromatic N) is 2. The van der Waals surface area contributed by atoms with E-state index >= 15 is 0 Å². The van der Waals surface area contributed by atoms with Gasteiger partial charge in [-0.15, -0.1) is 0 Å². The molecule has 1 unspecified atom stereocenters. The van der Waals surface area contributed by atoms with Crippen molar-refractivity contribution in [1.29, 1.82) is 0 Å². The van der Waals surface area contributed by atoms with E-state index in [-0.39, 0.29) is 41.2 Å². The molecule has 29 heavy (non-hydrogen) atoms. The summed E-state index contributed by atoms with van der Waals surface area (Å²) in [4.78, 5) is 19.1. The summed E-state index contributed by atoms with van der Waals surface area (Å²) in [6.45, 7) is 0.483. The third kappa shape index (κ3) is 4.29. The van der Waals surface area contributed by atoms with Crippen LogP contribution in [0.1, 0.15) is 11.6 Å². The molecule has 6 nitrogen and oxygen atoms in total. The molecule has 0 aliphatic carbocycles. The van der Waals surface area contributed by atoms with E-state index in [1.165, 1.54) is 0 Å². The summed E-state index contributed by atoms with van der Waals surface area (Å²) in [6.07, 6.45) is 0. The fraction of sp³-hybridized carbons (Fsp3) is 0.263. The smallest absolute Gasteiger partial charge is 0.248 e. The van der Waals surface area contributed by atoms with E-state index in [4.69, 9.17) is 0 Å². The highest BCUT2D eigenvalue weighted by Crippen LogP contribution is 2.30. The van der Waals surface area contributed by atoms with Crippen molar-refractivity contribution in [1.82, 2.24) is 9.88 Å². The monoisotopic (exact) mass is 437 g/mol. The first-order valence-corrected chi connectivity index (χ1v) is 11.5. The van der Waals surface area contributed by atoms with Crippen LogP contribution in [0.5, 0.6) is 0 Å². The highest BCUT2D eigenvalue weighted by molar-refractivity contribution is 7.91. The molecule has 1 aromatic heterocycles. The molecule has 0 bridgehead atoms. The maximum Gasteiger partial charge on any atom is 0.248 e. The van der Waals surface area contributed by atoms with Crippen LogP contribution in [0, 0.1) is 11.6 Å². The van der Waals surface area contributed by atoms with Gasteiger partial charge in [0.05, 0.1) is 21.7 Å². The molecule has 2 aromatic carbocycles. The lowest BCUT2D eigenvalue weighted by molar-refractivity contribution is -0.121. The number of hydrogen-bond acceptors (Lipinski definition) is 6. The van der Waals surface area contributed by atoms with E-state index in [1.54, 1.807) is 24.3 Å². The van der Waals surface area contributed by atoms with Crippen LogP contribution in [0.15, 0.2) is 42.5 Å². The summed E-state index contributed by atoms with van der Waals surface area (Å²) in [6, 6.07) is 10.4. The molecule has 152 valence electrons. The quantitative estimate of drug-likeness (QED) is 0.679. The number of amides is 1. The van der Waals surface area contributed by atoms with E-state index in [9.17, 15) is 22.0 Å². The van der Waals surface area contributed by atoms with E-state index < -0.39 is 27.5 Å². The fourth-order valence-electron chi connectivity index (χ4n) is 3.30. The van der Waals surface area contributed by atoms with Crippen LogP contribution in [0.4, 0.5) is 13.9 Å². The predicted octanol–water partition coefficient (Wildman–Crippen LogP) is 2.98. The molecule has 0 spiro atoms. The normalized spacial score (nSPS) is 17.9.